The highest BCUT2D eigenvalue weighted by Gasteiger charge is 2.39. The highest BCUT2D eigenvalue weighted by atomic mass is 19.4. The number of nitrogens with one attached hydrogen (secondary N) is 3. The largest absolute Gasteiger partial charge is 0.416 e. The summed E-state index contributed by atoms with van der Waals surface area (Å²) in [5.74, 6) is -1.84. The van der Waals surface area contributed by atoms with Gasteiger partial charge in [-0.3, -0.25) is 10.8 Å². The van der Waals surface area contributed by atoms with E-state index in [-0.39, 0.29) is 33.8 Å². The smallest absolute Gasteiger partial charge is 0.325 e. The second-order valence-electron chi connectivity index (χ2n) is 9.12. The Morgan fingerprint density at radius 1 is 0.647 bits per heavy atom. The standard InChI is InChI=1S/C24H18F7N3/c1-22(2,3)11-4-5-14-15(9-11)19(25)16(18-17(14)20(32)34-21(18)33)10-6-12(23(26,27)28)8-13(7-10)24(29,30)31/h4-9H,1-3H3,(H3,32,33,34). The SMILES string of the molecule is CC(C)(C)c1ccc2c3c(c(-c4cc(C(F)(F)F)cc(C(F)(F)F)c4)c(F)c2c1)C(=N)NC3=N. The monoisotopic (exact) mass is 481 g/mol. The molecule has 0 aliphatic carbocycles. The van der Waals surface area contributed by atoms with Crippen LogP contribution in [0.25, 0.3) is 21.9 Å². The van der Waals surface area contributed by atoms with Gasteiger partial charge in [0.05, 0.1) is 11.1 Å². The first-order chi connectivity index (χ1) is 15.5. The van der Waals surface area contributed by atoms with Gasteiger partial charge in [-0.15, -0.1) is 0 Å². The van der Waals surface area contributed by atoms with E-state index in [1.807, 2.05) is 20.8 Å². The summed E-state index contributed by atoms with van der Waals surface area (Å²) in [6.45, 7) is 5.59. The fourth-order valence-electron chi connectivity index (χ4n) is 4.04. The number of benzene rings is 3. The summed E-state index contributed by atoms with van der Waals surface area (Å²) in [5.41, 5.74) is -4.43. The van der Waals surface area contributed by atoms with Crippen LogP contribution in [-0.2, 0) is 17.8 Å². The number of fused-ring (bicyclic) bond motifs is 3. The molecule has 0 radical (unpaired) electrons. The predicted octanol–water partition coefficient (Wildman–Crippen LogP) is 7.23. The van der Waals surface area contributed by atoms with E-state index in [2.05, 4.69) is 5.32 Å². The molecule has 0 amide bonds. The fraction of sp³-hybridized carbons (Fsp3) is 0.250. The first kappa shape index (κ1) is 23.7. The molecule has 0 fully saturated rings. The summed E-state index contributed by atoms with van der Waals surface area (Å²) in [4.78, 5) is 0. The van der Waals surface area contributed by atoms with Crippen LogP contribution in [0.2, 0.25) is 0 Å². The van der Waals surface area contributed by atoms with Crippen LogP contribution in [-0.4, -0.2) is 11.7 Å². The molecule has 0 unspecified atom stereocenters. The van der Waals surface area contributed by atoms with Gasteiger partial charge in [-0.05, 0) is 46.2 Å². The topological polar surface area (TPSA) is 59.7 Å². The van der Waals surface area contributed by atoms with Crippen molar-refractivity contribution < 1.29 is 30.7 Å². The van der Waals surface area contributed by atoms with E-state index in [0.29, 0.717) is 17.7 Å². The molecular weight excluding hydrogens is 463 g/mol. The van der Waals surface area contributed by atoms with E-state index in [1.54, 1.807) is 12.1 Å². The third-order valence-electron chi connectivity index (χ3n) is 5.74. The molecule has 0 bridgehead atoms. The lowest BCUT2D eigenvalue weighted by Crippen LogP contribution is -2.20. The minimum atomic E-state index is -5.12. The average Bonchev–Trinajstić information content (AvgIpc) is 2.99. The van der Waals surface area contributed by atoms with Crippen LogP contribution in [0.3, 0.4) is 0 Å². The molecule has 178 valence electrons. The Morgan fingerprint density at radius 2 is 1.18 bits per heavy atom. The molecule has 3 aromatic carbocycles. The molecule has 34 heavy (non-hydrogen) atoms. The van der Waals surface area contributed by atoms with Crippen molar-refractivity contribution in [3.05, 3.63) is 70.0 Å². The van der Waals surface area contributed by atoms with Crippen LogP contribution in [0.15, 0.2) is 36.4 Å². The Kier molecular flexibility index (Phi) is 5.08. The van der Waals surface area contributed by atoms with Gasteiger partial charge in [0.1, 0.15) is 17.5 Å². The van der Waals surface area contributed by atoms with Crippen LogP contribution in [0.5, 0.6) is 0 Å². The molecule has 0 saturated heterocycles. The van der Waals surface area contributed by atoms with Gasteiger partial charge in [-0.2, -0.15) is 26.3 Å². The normalized spacial score (nSPS) is 14.5. The first-order valence-electron chi connectivity index (χ1n) is 10.0. The lowest BCUT2D eigenvalue weighted by molar-refractivity contribution is -0.143. The fourth-order valence-corrected chi connectivity index (χ4v) is 4.04. The molecule has 0 saturated carbocycles. The van der Waals surface area contributed by atoms with Gasteiger partial charge in [-0.25, -0.2) is 4.39 Å². The van der Waals surface area contributed by atoms with Crippen molar-refractivity contribution in [1.82, 2.24) is 5.32 Å². The number of alkyl halides is 6. The lowest BCUT2D eigenvalue weighted by Gasteiger charge is -2.21. The summed E-state index contributed by atoms with van der Waals surface area (Å²) in [5, 5.41) is 18.9. The Balaban J connectivity index is 2.17. The van der Waals surface area contributed by atoms with E-state index in [4.69, 9.17) is 10.8 Å². The minimum absolute atomic E-state index is 0.0357. The molecule has 4 rings (SSSR count). The van der Waals surface area contributed by atoms with E-state index in [1.165, 1.54) is 6.07 Å². The molecule has 3 nitrogen and oxygen atoms in total. The third kappa shape index (κ3) is 3.80. The molecule has 3 aromatic rings. The quantitative estimate of drug-likeness (QED) is 0.316. The van der Waals surface area contributed by atoms with E-state index in [9.17, 15) is 26.3 Å². The molecule has 3 N–H and O–H groups in total. The van der Waals surface area contributed by atoms with E-state index >= 15 is 4.39 Å². The Morgan fingerprint density at radius 3 is 1.68 bits per heavy atom. The van der Waals surface area contributed by atoms with E-state index < -0.39 is 51.7 Å². The second-order valence-corrected chi connectivity index (χ2v) is 9.12. The molecule has 1 heterocycles. The molecule has 10 heteroatoms. The number of amidine groups is 2. The number of hydrogen-bond donors (Lipinski definition) is 3. The van der Waals surface area contributed by atoms with Crippen LogP contribution in [0, 0.1) is 16.6 Å². The van der Waals surface area contributed by atoms with Crippen molar-refractivity contribution in [3.63, 3.8) is 0 Å². The van der Waals surface area contributed by atoms with Crippen LogP contribution in [0.1, 0.15) is 48.6 Å². The average molecular weight is 481 g/mol. The van der Waals surface area contributed by atoms with Gasteiger partial charge in [0.15, 0.2) is 0 Å². The van der Waals surface area contributed by atoms with Gasteiger partial charge in [0, 0.05) is 22.1 Å². The molecular formula is C24H18F7N3. The van der Waals surface area contributed by atoms with Crippen LogP contribution in [0.4, 0.5) is 30.7 Å². The summed E-state index contributed by atoms with van der Waals surface area (Å²) < 4.78 is 96.7. The number of hydrogen-bond acceptors (Lipinski definition) is 2. The number of halogens is 7. The van der Waals surface area contributed by atoms with Gasteiger partial charge in [-0.1, -0.05) is 32.9 Å². The van der Waals surface area contributed by atoms with Crippen molar-refractivity contribution in [3.8, 4) is 11.1 Å². The lowest BCUT2D eigenvalue weighted by atomic mass is 9.83. The van der Waals surface area contributed by atoms with Gasteiger partial charge in [0.25, 0.3) is 0 Å². The zero-order valence-electron chi connectivity index (χ0n) is 18.1. The third-order valence-corrected chi connectivity index (χ3v) is 5.74. The van der Waals surface area contributed by atoms with Crippen molar-refractivity contribution in [1.29, 1.82) is 10.8 Å². The Labute approximate surface area is 189 Å². The van der Waals surface area contributed by atoms with Crippen LogP contribution < -0.4 is 5.32 Å². The van der Waals surface area contributed by atoms with Crippen molar-refractivity contribution >= 4 is 22.4 Å². The first-order valence-corrected chi connectivity index (χ1v) is 10.0. The van der Waals surface area contributed by atoms with Crippen molar-refractivity contribution in [2.45, 2.75) is 38.5 Å². The van der Waals surface area contributed by atoms with Gasteiger partial charge in [0.2, 0.25) is 0 Å². The summed E-state index contributed by atoms with van der Waals surface area (Å²) in [6.07, 6.45) is -10.2. The molecule has 1 aliphatic heterocycles. The van der Waals surface area contributed by atoms with Crippen LogP contribution >= 0.6 is 0 Å². The van der Waals surface area contributed by atoms with Crippen molar-refractivity contribution in [2.24, 2.45) is 0 Å². The summed E-state index contributed by atoms with van der Waals surface area (Å²) in [6, 6.07) is 5.56. The van der Waals surface area contributed by atoms with Gasteiger partial charge < -0.3 is 5.32 Å². The summed E-state index contributed by atoms with van der Waals surface area (Å²) >= 11 is 0. The number of rotatable bonds is 1. The van der Waals surface area contributed by atoms with Gasteiger partial charge >= 0.3 is 12.4 Å². The minimum Gasteiger partial charge on any atom is -0.325 e. The molecule has 0 spiro atoms. The molecule has 0 atom stereocenters. The Hall–Kier alpha value is -3.43. The van der Waals surface area contributed by atoms with E-state index in [0.717, 1.165) is 0 Å². The van der Waals surface area contributed by atoms with Crippen molar-refractivity contribution in [2.75, 3.05) is 0 Å². The predicted molar refractivity (Wildman–Crippen MR) is 115 cm³/mol. The molecule has 1 aliphatic rings. The maximum absolute atomic E-state index is 16.0. The zero-order valence-corrected chi connectivity index (χ0v) is 18.1. The summed E-state index contributed by atoms with van der Waals surface area (Å²) in [7, 11) is 0. The zero-order chi connectivity index (χ0) is 25.4. The maximum atomic E-state index is 16.0. The Bertz CT molecular complexity index is 1340. The highest BCUT2D eigenvalue weighted by Crippen LogP contribution is 2.43. The maximum Gasteiger partial charge on any atom is 0.416 e. The second kappa shape index (κ2) is 7.28. The molecule has 0 aromatic heterocycles. The highest BCUT2D eigenvalue weighted by molar-refractivity contribution is 6.30.